The monoisotopic (exact) mass is 253 g/mol. The van der Waals surface area contributed by atoms with Crippen molar-refractivity contribution in [1.29, 1.82) is 0 Å². The van der Waals surface area contributed by atoms with Crippen molar-refractivity contribution in [2.45, 2.75) is 17.9 Å². The smallest absolute Gasteiger partial charge is 0.0596 e. The Balaban J connectivity index is 2.17. The molecule has 0 aliphatic carbocycles. The summed E-state index contributed by atoms with van der Waals surface area (Å²) in [6.45, 7) is 1.10. The Morgan fingerprint density at radius 2 is 1.47 bits per heavy atom. The lowest BCUT2D eigenvalue weighted by molar-refractivity contribution is 0.223. The van der Waals surface area contributed by atoms with E-state index in [0.29, 0.717) is 0 Å². The van der Waals surface area contributed by atoms with Crippen LogP contribution in [0, 0.1) is 0 Å². The molecular weight excluding hydrogens is 234 g/mol. The average Bonchev–Trinajstić information content (AvgIpc) is 2.94. The van der Waals surface area contributed by atoms with Crippen LogP contribution in [-0.4, -0.2) is 24.3 Å². The van der Waals surface area contributed by atoms with Crippen molar-refractivity contribution in [3.8, 4) is 0 Å². The summed E-state index contributed by atoms with van der Waals surface area (Å²) in [5, 5.41) is 13.2. The van der Waals surface area contributed by atoms with Gasteiger partial charge in [-0.05, 0) is 24.1 Å². The van der Waals surface area contributed by atoms with Crippen molar-refractivity contribution in [2.24, 2.45) is 0 Å². The first-order chi connectivity index (χ1) is 9.38. The highest BCUT2D eigenvalue weighted by molar-refractivity contribution is 5.43. The van der Waals surface area contributed by atoms with E-state index in [1.807, 2.05) is 12.1 Å². The van der Waals surface area contributed by atoms with Gasteiger partial charge in [0, 0.05) is 11.5 Å². The van der Waals surface area contributed by atoms with Crippen molar-refractivity contribution in [2.75, 3.05) is 13.2 Å². The van der Waals surface area contributed by atoms with Crippen LogP contribution in [0.15, 0.2) is 60.7 Å². The van der Waals surface area contributed by atoms with Crippen molar-refractivity contribution in [1.82, 2.24) is 5.32 Å². The van der Waals surface area contributed by atoms with Crippen LogP contribution in [0.2, 0.25) is 0 Å². The molecule has 0 bridgehead atoms. The van der Waals surface area contributed by atoms with Gasteiger partial charge >= 0.3 is 0 Å². The van der Waals surface area contributed by atoms with Gasteiger partial charge in [0.15, 0.2) is 0 Å². The van der Waals surface area contributed by atoms with Gasteiger partial charge in [0.2, 0.25) is 0 Å². The van der Waals surface area contributed by atoms with Crippen LogP contribution in [0.5, 0.6) is 0 Å². The molecule has 2 aromatic rings. The van der Waals surface area contributed by atoms with Crippen LogP contribution in [0.1, 0.15) is 17.5 Å². The van der Waals surface area contributed by atoms with Gasteiger partial charge in [-0.1, -0.05) is 60.7 Å². The number of rotatable bonds is 3. The second-order valence-corrected chi connectivity index (χ2v) is 5.14. The highest BCUT2D eigenvalue weighted by Crippen LogP contribution is 2.41. The van der Waals surface area contributed by atoms with Gasteiger partial charge in [-0.2, -0.15) is 0 Å². The summed E-state index contributed by atoms with van der Waals surface area (Å²) < 4.78 is 0. The van der Waals surface area contributed by atoms with Crippen LogP contribution in [0.4, 0.5) is 0 Å². The van der Waals surface area contributed by atoms with Crippen LogP contribution in [-0.2, 0) is 5.41 Å². The SMILES string of the molecule is OC[C@@H]1NCCC1(c1ccccc1)c1ccccc1. The summed E-state index contributed by atoms with van der Waals surface area (Å²) in [4.78, 5) is 0. The van der Waals surface area contributed by atoms with E-state index in [9.17, 15) is 5.11 Å². The maximum absolute atomic E-state index is 9.76. The quantitative estimate of drug-likeness (QED) is 0.880. The molecule has 1 heterocycles. The summed E-state index contributed by atoms with van der Waals surface area (Å²) in [5.41, 5.74) is 2.45. The molecule has 1 fully saturated rings. The molecule has 3 rings (SSSR count). The van der Waals surface area contributed by atoms with Gasteiger partial charge in [0.1, 0.15) is 0 Å². The van der Waals surface area contributed by atoms with Crippen molar-refractivity contribution in [3.63, 3.8) is 0 Å². The van der Waals surface area contributed by atoms with Crippen LogP contribution < -0.4 is 5.32 Å². The van der Waals surface area contributed by atoms with E-state index < -0.39 is 0 Å². The van der Waals surface area contributed by atoms with Crippen molar-refractivity contribution in [3.05, 3.63) is 71.8 Å². The summed E-state index contributed by atoms with van der Waals surface area (Å²) >= 11 is 0. The van der Waals surface area contributed by atoms with E-state index in [0.717, 1.165) is 13.0 Å². The van der Waals surface area contributed by atoms with Gasteiger partial charge in [0.25, 0.3) is 0 Å². The summed E-state index contributed by atoms with van der Waals surface area (Å²) in [6, 6.07) is 21.1. The zero-order valence-electron chi connectivity index (χ0n) is 10.9. The van der Waals surface area contributed by atoms with E-state index >= 15 is 0 Å². The zero-order chi connectivity index (χ0) is 13.1. The lowest BCUT2D eigenvalue weighted by atomic mass is 9.69. The summed E-state index contributed by atoms with van der Waals surface area (Å²) in [7, 11) is 0. The Labute approximate surface area is 114 Å². The van der Waals surface area contributed by atoms with Gasteiger partial charge in [-0.3, -0.25) is 0 Å². The van der Waals surface area contributed by atoms with E-state index in [2.05, 4.69) is 53.8 Å². The third kappa shape index (κ3) is 1.97. The average molecular weight is 253 g/mol. The number of benzene rings is 2. The maximum Gasteiger partial charge on any atom is 0.0596 e. The Bertz CT molecular complexity index is 484. The fraction of sp³-hybridized carbons (Fsp3) is 0.294. The standard InChI is InChI=1S/C17H19NO/c19-13-16-17(11-12-18-16,14-7-3-1-4-8-14)15-9-5-2-6-10-15/h1-10,16,18-19H,11-13H2/t16-/m0/s1. The molecule has 0 spiro atoms. The first-order valence-corrected chi connectivity index (χ1v) is 6.83. The predicted octanol–water partition coefficient (Wildman–Crippen LogP) is 2.33. The molecular formula is C17H19NO. The van der Waals surface area contributed by atoms with Crippen LogP contribution in [0.25, 0.3) is 0 Å². The highest BCUT2D eigenvalue weighted by atomic mass is 16.3. The molecule has 2 aromatic carbocycles. The fourth-order valence-corrected chi connectivity index (χ4v) is 3.34. The van der Waals surface area contributed by atoms with Crippen molar-refractivity contribution < 1.29 is 5.11 Å². The minimum Gasteiger partial charge on any atom is -0.395 e. The molecule has 2 nitrogen and oxygen atoms in total. The van der Waals surface area contributed by atoms with E-state index in [1.165, 1.54) is 11.1 Å². The number of aliphatic hydroxyl groups excluding tert-OH is 1. The van der Waals surface area contributed by atoms with Crippen LogP contribution >= 0.6 is 0 Å². The molecule has 1 aliphatic rings. The number of nitrogens with one attached hydrogen (secondary N) is 1. The van der Waals surface area contributed by atoms with Crippen LogP contribution in [0.3, 0.4) is 0 Å². The Morgan fingerprint density at radius 1 is 0.947 bits per heavy atom. The third-order valence-electron chi connectivity index (χ3n) is 4.27. The molecule has 19 heavy (non-hydrogen) atoms. The molecule has 2 heteroatoms. The molecule has 0 aromatic heterocycles. The van der Waals surface area contributed by atoms with Gasteiger partial charge < -0.3 is 10.4 Å². The highest BCUT2D eigenvalue weighted by Gasteiger charge is 2.44. The molecule has 0 saturated carbocycles. The Morgan fingerprint density at radius 3 is 1.95 bits per heavy atom. The molecule has 1 atom stereocenters. The van der Waals surface area contributed by atoms with E-state index in [1.54, 1.807) is 0 Å². The Kier molecular flexibility index (Phi) is 3.36. The van der Waals surface area contributed by atoms with Gasteiger partial charge in [-0.15, -0.1) is 0 Å². The second-order valence-electron chi connectivity index (χ2n) is 5.14. The first-order valence-electron chi connectivity index (χ1n) is 6.83. The minimum absolute atomic E-state index is 0.0808. The zero-order valence-corrected chi connectivity index (χ0v) is 10.9. The molecule has 98 valence electrons. The van der Waals surface area contributed by atoms with E-state index in [-0.39, 0.29) is 18.1 Å². The molecule has 1 aliphatic heterocycles. The van der Waals surface area contributed by atoms with Gasteiger partial charge in [-0.25, -0.2) is 0 Å². The van der Waals surface area contributed by atoms with Gasteiger partial charge in [0.05, 0.1) is 6.61 Å². The second kappa shape index (κ2) is 5.16. The first kappa shape index (κ1) is 12.4. The maximum atomic E-state index is 9.76. The minimum atomic E-state index is -0.114. The topological polar surface area (TPSA) is 32.3 Å². The number of hydrogen-bond donors (Lipinski definition) is 2. The summed E-state index contributed by atoms with van der Waals surface area (Å²) in [5.74, 6) is 0. The normalized spacial score (nSPS) is 21.4. The Hall–Kier alpha value is -1.64. The van der Waals surface area contributed by atoms with Crippen molar-refractivity contribution >= 4 is 0 Å². The molecule has 0 radical (unpaired) electrons. The van der Waals surface area contributed by atoms with E-state index in [4.69, 9.17) is 0 Å². The largest absolute Gasteiger partial charge is 0.395 e. The molecule has 0 unspecified atom stereocenters. The molecule has 2 N–H and O–H groups in total. The molecule has 0 amide bonds. The number of aliphatic hydroxyl groups is 1. The fourth-order valence-electron chi connectivity index (χ4n) is 3.34. The molecule has 1 saturated heterocycles. The third-order valence-corrected chi connectivity index (χ3v) is 4.27. The summed E-state index contributed by atoms with van der Waals surface area (Å²) in [6.07, 6.45) is 1.02. The number of hydrogen-bond acceptors (Lipinski definition) is 2. The predicted molar refractivity (Wildman–Crippen MR) is 77.2 cm³/mol. The lowest BCUT2D eigenvalue weighted by Gasteiger charge is -2.35. The lowest BCUT2D eigenvalue weighted by Crippen LogP contribution is -2.43.